The monoisotopic (exact) mass is 238 g/mol. The van der Waals surface area contributed by atoms with E-state index in [1.165, 1.54) is 71.1 Å². The van der Waals surface area contributed by atoms with Gasteiger partial charge >= 0.3 is 0 Å². The van der Waals surface area contributed by atoms with Crippen LogP contribution in [0.5, 0.6) is 0 Å². The number of likely N-dealkylation sites (tertiary alicyclic amines) is 1. The lowest BCUT2D eigenvalue weighted by atomic mass is 9.86. The zero-order valence-corrected chi connectivity index (χ0v) is 11.8. The minimum Gasteiger partial charge on any atom is -0.315 e. The Morgan fingerprint density at radius 3 is 2.59 bits per heavy atom. The summed E-state index contributed by atoms with van der Waals surface area (Å²) in [5, 5.41) is 3.50. The molecule has 2 aliphatic rings. The minimum atomic E-state index is 0.642. The van der Waals surface area contributed by atoms with Crippen LogP contribution in [0.1, 0.15) is 58.8 Å². The Morgan fingerprint density at radius 1 is 1.12 bits per heavy atom. The van der Waals surface area contributed by atoms with E-state index in [1.54, 1.807) is 0 Å². The van der Waals surface area contributed by atoms with Gasteiger partial charge in [-0.1, -0.05) is 26.7 Å². The quantitative estimate of drug-likeness (QED) is 0.716. The van der Waals surface area contributed by atoms with Gasteiger partial charge in [0.05, 0.1) is 0 Å². The van der Waals surface area contributed by atoms with Crippen LogP contribution in [0, 0.1) is 5.41 Å². The molecular formula is C15H30N2. The Balaban J connectivity index is 1.55. The number of unbranched alkanes of at least 4 members (excludes halogenated alkanes) is 1. The Kier molecular flexibility index (Phi) is 4.87. The molecule has 0 aromatic carbocycles. The zero-order valence-electron chi connectivity index (χ0n) is 11.8. The van der Waals surface area contributed by atoms with Gasteiger partial charge in [-0.3, -0.25) is 0 Å². The van der Waals surface area contributed by atoms with Crippen LogP contribution in [0.2, 0.25) is 0 Å². The largest absolute Gasteiger partial charge is 0.315 e. The molecule has 1 heterocycles. The van der Waals surface area contributed by atoms with E-state index in [0.717, 1.165) is 5.41 Å². The molecule has 0 aromatic heterocycles. The summed E-state index contributed by atoms with van der Waals surface area (Å²) in [4.78, 5) is 2.72. The van der Waals surface area contributed by atoms with Gasteiger partial charge in [-0.25, -0.2) is 0 Å². The van der Waals surface area contributed by atoms with Crippen LogP contribution in [0.25, 0.3) is 0 Å². The Hall–Kier alpha value is -0.0800. The molecule has 2 nitrogen and oxygen atoms in total. The van der Waals surface area contributed by atoms with Gasteiger partial charge in [0.1, 0.15) is 0 Å². The molecule has 1 spiro atoms. The molecule has 1 saturated carbocycles. The highest BCUT2D eigenvalue weighted by Crippen LogP contribution is 2.45. The maximum Gasteiger partial charge on any atom is 0.00384 e. The molecule has 100 valence electrons. The third-order valence-electron chi connectivity index (χ3n) is 4.64. The third kappa shape index (κ3) is 3.96. The standard InChI is InChI=1S/C15H30N2/c1-14(2)16-10-5-6-11-17-12-9-15(13-17)7-3-4-8-15/h14,16H,3-13H2,1-2H3. The summed E-state index contributed by atoms with van der Waals surface area (Å²) in [6.45, 7) is 9.76. The highest BCUT2D eigenvalue weighted by Gasteiger charge is 2.39. The molecular weight excluding hydrogens is 208 g/mol. The molecule has 0 aromatic rings. The van der Waals surface area contributed by atoms with Gasteiger partial charge in [0.25, 0.3) is 0 Å². The molecule has 1 N–H and O–H groups in total. The molecule has 1 aliphatic heterocycles. The third-order valence-corrected chi connectivity index (χ3v) is 4.64. The first-order valence-electron chi connectivity index (χ1n) is 7.66. The fourth-order valence-corrected chi connectivity index (χ4v) is 3.60. The predicted molar refractivity (Wildman–Crippen MR) is 74.3 cm³/mol. The van der Waals surface area contributed by atoms with Crippen molar-refractivity contribution in [3.63, 3.8) is 0 Å². The summed E-state index contributed by atoms with van der Waals surface area (Å²) in [6, 6.07) is 0.642. The summed E-state index contributed by atoms with van der Waals surface area (Å²) in [7, 11) is 0. The van der Waals surface area contributed by atoms with Crippen molar-refractivity contribution in [3.8, 4) is 0 Å². The molecule has 2 fully saturated rings. The van der Waals surface area contributed by atoms with E-state index in [2.05, 4.69) is 24.1 Å². The first kappa shape index (κ1) is 13.4. The Bertz CT molecular complexity index is 219. The van der Waals surface area contributed by atoms with Crippen LogP contribution in [0.15, 0.2) is 0 Å². The second-order valence-corrected chi connectivity index (χ2v) is 6.55. The van der Waals surface area contributed by atoms with Crippen LogP contribution in [-0.4, -0.2) is 37.1 Å². The van der Waals surface area contributed by atoms with Crippen LogP contribution < -0.4 is 5.32 Å². The normalized spacial score (nSPS) is 24.2. The van der Waals surface area contributed by atoms with E-state index < -0.39 is 0 Å². The number of hydrogen-bond donors (Lipinski definition) is 1. The summed E-state index contributed by atoms with van der Waals surface area (Å²) >= 11 is 0. The van der Waals surface area contributed by atoms with Crippen molar-refractivity contribution in [2.75, 3.05) is 26.2 Å². The molecule has 2 rings (SSSR count). The van der Waals surface area contributed by atoms with Gasteiger partial charge in [0.2, 0.25) is 0 Å². The van der Waals surface area contributed by atoms with E-state index >= 15 is 0 Å². The molecule has 1 saturated heterocycles. The molecule has 0 radical (unpaired) electrons. The molecule has 0 amide bonds. The SMILES string of the molecule is CC(C)NCCCCN1CCC2(CCCC2)C1. The highest BCUT2D eigenvalue weighted by atomic mass is 15.2. The number of hydrogen-bond acceptors (Lipinski definition) is 2. The van der Waals surface area contributed by atoms with Gasteiger partial charge in [0, 0.05) is 12.6 Å². The van der Waals surface area contributed by atoms with E-state index in [4.69, 9.17) is 0 Å². The van der Waals surface area contributed by atoms with E-state index in [9.17, 15) is 0 Å². The fraction of sp³-hybridized carbons (Fsp3) is 1.00. The highest BCUT2D eigenvalue weighted by molar-refractivity contribution is 4.92. The van der Waals surface area contributed by atoms with Gasteiger partial charge in [-0.2, -0.15) is 0 Å². The van der Waals surface area contributed by atoms with Crippen molar-refractivity contribution in [1.82, 2.24) is 10.2 Å². The maximum atomic E-state index is 3.50. The summed E-state index contributed by atoms with van der Waals surface area (Å²) in [6.07, 6.45) is 10.2. The van der Waals surface area contributed by atoms with Crippen molar-refractivity contribution in [2.24, 2.45) is 5.41 Å². The number of nitrogens with zero attached hydrogens (tertiary/aromatic N) is 1. The number of nitrogens with one attached hydrogen (secondary N) is 1. The first-order chi connectivity index (χ1) is 8.20. The summed E-state index contributed by atoms with van der Waals surface area (Å²) in [5.41, 5.74) is 0.760. The fourth-order valence-electron chi connectivity index (χ4n) is 3.60. The second kappa shape index (κ2) is 6.19. The topological polar surface area (TPSA) is 15.3 Å². The molecule has 0 atom stereocenters. The van der Waals surface area contributed by atoms with Crippen molar-refractivity contribution in [1.29, 1.82) is 0 Å². The molecule has 0 unspecified atom stereocenters. The average molecular weight is 238 g/mol. The molecule has 2 heteroatoms. The summed E-state index contributed by atoms with van der Waals surface area (Å²) < 4.78 is 0. The van der Waals surface area contributed by atoms with Crippen molar-refractivity contribution in [2.45, 2.75) is 64.8 Å². The van der Waals surface area contributed by atoms with Crippen molar-refractivity contribution >= 4 is 0 Å². The van der Waals surface area contributed by atoms with Gasteiger partial charge in [-0.05, 0) is 57.2 Å². The van der Waals surface area contributed by atoms with Gasteiger partial charge < -0.3 is 10.2 Å². The lowest BCUT2D eigenvalue weighted by Crippen LogP contribution is -2.27. The van der Waals surface area contributed by atoms with Gasteiger partial charge in [0.15, 0.2) is 0 Å². The van der Waals surface area contributed by atoms with Crippen LogP contribution in [0.3, 0.4) is 0 Å². The van der Waals surface area contributed by atoms with E-state index in [0.29, 0.717) is 6.04 Å². The lowest BCUT2D eigenvalue weighted by Gasteiger charge is -2.23. The van der Waals surface area contributed by atoms with Crippen molar-refractivity contribution < 1.29 is 0 Å². The molecule has 0 bridgehead atoms. The predicted octanol–water partition coefficient (Wildman–Crippen LogP) is 3.03. The first-order valence-corrected chi connectivity index (χ1v) is 7.66. The second-order valence-electron chi connectivity index (χ2n) is 6.55. The smallest absolute Gasteiger partial charge is 0.00384 e. The van der Waals surface area contributed by atoms with Crippen LogP contribution in [0.4, 0.5) is 0 Å². The number of rotatable bonds is 6. The summed E-state index contributed by atoms with van der Waals surface area (Å²) in [5.74, 6) is 0. The Labute approximate surface area is 107 Å². The zero-order chi connectivity index (χ0) is 12.1. The van der Waals surface area contributed by atoms with E-state index in [-0.39, 0.29) is 0 Å². The average Bonchev–Trinajstić information content (AvgIpc) is 2.89. The van der Waals surface area contributed by atoms with E-state index in [1.807, 2.05) is 0 Å². The molecule has 17 heavy (non-hydrogen) atoms. The van der Waals surface area contributed by atoms with Crippen LogP contribution >= 0.6 is 0 Å². The maximum absolute atomic E-state index is 3.50. The Morgan fingerprint density at radius 2 is 1.88 bits per heavy atom. The van der Waals surface area contributed by atoms with Gasteiger partial charge in [-0.15, -0.1) is 0 Å². The van der Waals surface area contributed by atoms with Crippen molar-refractivity contribution in [3.05, 3.63) is 0 Å². The van der Waals surface area contributed by atoms with Crippen LogP contribution in [-0.2, 0) is 0 Å². The lowest BCUT2D eigenvalue weighted by molar-refractivity contribution is 0.257. The minimum absolute atomic E-state index is 0.642. The molecule has 1 aliphatic carbocycles.